The van der Waals surface area contributed by atoms with Gasteiger partial charge in [0.05, 0.1) is 17.3 Å². The maximum Gasteiger partial charge on any atom is 0.417 e. The third-order valence-corrected chi connectivity index (χ3v) is 6.06. The average molecular weight is 451 g/mol. The molecule has 0 aromatic carbocycles. The standard InChI is InChI=1S/C21H28F3N7O/c1-10(2)17-19(32)29-16-11(3)26-20(30-18(16)31(17)4)28-14-7-13(8-14)27-15-6-5-12(9-25-15)21(22,23)24/h5-6,9-10,13-14,17,19,29,32H,7-8H2,1-4H3,(H,25,27)(H,26,28,30)/t13-,14-,17-,19?/m0/s1. The number of halogens is 3. The third-order valence-electron chi connectivity index (χ3n) is 6.06. The van der Waals surface area contributed by atoms with Crippen LogP contribution < -0.4 is 20.9 Å². The van der Waals surface area contributed by atoms with E-state index in [1.54, 1.807) is 0 Å². The van der Waals surface area contributed by atoms with Gasteiger partial charge in [-0.3, -0.25) is 0 Å². The molecule has 1 aliphatic heterocycles. The monoisotopic (exact) mass is 451 g/mol. The third kappa shape index (κ3) is 4.38. The Hall–Kier alpha value is -2.82. The van der Waals surface area contributed by atoms with Gasteiger partial charge in [0.15, 0.2) is 5.82 Å². The van der Waals surface area contributed by atoms with Crippen molar-refractivity contribution in [2.24, 2.45) is 5.92 Å². The predicted octanol–water partition coefficient (Wildman–Crippen LogP) is 3.46. The molecule has 1 aliphatic carbocycles. The molecule has 0 amide bonds. The number of aliphatic hydroxyl groups excluding tert-OH is 1. The zero-order chi connectivity index (χ0) is 23.2. The zero-order valence-electron chi connectivity index (χ0n) is 18.4. The van der Waals surface area contributed by atoms with E-state index in [1.807, 2.05) is 18.9 Å². The fraction of sp³-hybridized carbons (Fsp3) is 0.571. The van der Waals surface area contributed by atoms with Gasteiger partial charge >= 0.3 is 6.18 Å². The van der Waals surface area contributed by atoms with Crippen LogP contribution in [0.25, 0.3) is 0 Å². The van der Waals surface area contributed by atoms with Crippen LogP contribution in [0.2, 0.25) is 0 Å². The number of pyridine rings is 1. The number of aromatic nitrogens is 3. The lowest BCUT2D eigenvalue weighted by molar-refractivity contribution is -0.137. The van der Waals surface area contributed by atoms with E-state index in [0.29, 0.717) is 11.8 Å². The molecule has 11 heteroatoms. The van der Waals surface area contributed by atoms with Gasteiger partial charge in [-0.15, -0.1) is 0 Å². The van der Waals surface area contributed by atoms with Gasteiger partial charge in [-0.25, -0.2) is 9.97 Å². The Bertz CT molecular complexity index is 961. The summed E-state index contributed by atoms with van der Waals surface area (Å²) in [6, 6.07) is 2.52. The Labute approximate surface area is 184 Å². The summed E-state index contributed by atoms with van der Waals surface area (Å²) in [7, 11) is 1.92. The maximum atomic E-state index is 12.7. The molecule has 174 valence electrons. The Morgan fingerprint density at radius 2 is 1.84 bits per heavy atom. The molecule has 1 saturated carbocycles. The van der Waals surface area contributed by atoms with Crippen LogP contribution in [0, 0.1) is 12.8 Å². The maximum absolute atomic E-state index is 12.7. The number of hydrogen-bond donors (Lipinski definition) is 4. The smallest absolute Gasteiger partial charge is 0.372 e. The first-order valence-corrected chi connectivity index (χ1v) is 10.7. The summed E-state index contributed by atoms with van der Waals surface area (Å²) in [5.74, 6) is 1.91. The summed E-state index contributed by atoms with van der Waals surface area (Å²) in [6.45, 7) is 5.98. The van der Waals surface area contributed by atoms with E-state index in [9.17, 15) is 18.3 Å². The van der Waals surface area contributed by atoms with Crippen molar-refractivity contribution in [2.45, 2.75) is 64.1 Å². The molecule has 8 nitrogen and oxygen atoms in total. The van der Waals surface area contributed by atoms with E-state index < -0.39 is 18.0 Å². The van der Waals surface area contributed by atoms with Crippen LogP contribution in [0.1, 0.15) is 37.9 Å². The number of nitrogens with one attached hydrogen (secondary N) is 3. The number of nitrogens with zero attached hydrogens (tertiary/aromatic N) is 4. The number of hydrogen-bond acceptors (Lipinski definition) is 8. The second-order valence-corrected chi connectivity index (χ2v) is 8.85. The second-order valence-electron chi connectivity index (χ2n) is 8.85. The lowest BCUT2D eigenvalue weighted by Crippen LogP contribution is -2.52. The lowest BCUT2D eigenvalue weighted by atomic mass is 9.87. The molecule has 0 spiro atoms. The minimum absolute atomic E-state index is 0.111. The first-order chi connectivity index (χ1) is 15.0. The minimum Gasteiger partial charge on any atom is -0.372 e. The van der Waals surface area contributed by atoms with E-state index in [0.717, 1.165) is 42.3 Å². The molecule has 2 atom stereocenters. The van der Waals surface area contributed by atoms with Crippen molar-refractivity contribution in [1.82, 2.24) is 15.0 Å². The second kappa shape index (κ2) is 8.27. The van der Waals surface area contributed by atoms with E-state index in [-0.39, 0.29) is 24.0 Å². The Morgan fingerprint density at radius 3 is 2.44 bits per heavy atom. The summed E-state index contributed by atoms with van der Waals surface area (Å²) >= 11 is 0. The fourth-order valence-electron chi connectivity index (χ4n) is 4.34. The van der Waals surface area contributed by atoms with Crippen molar-refractivity contribution in [3.8, 4) is 0 Å². The molecule has 0 radical (unpaired) electrons. The van der Waals surface area contributed by atoms with Crippen molar-refractivity contribution in [3.63, 3.8) is 0 Å². The van der Waals surface area contributed by atoms with E-state index in [1.165, 1.54) is 6.07 Å². The molecule has 2 aliphatic rings. The molecular formula is C21H28F3N7O. The number of fused-ring (bicyclic) bond motifs is 1. The summed E-state index contributed by atoms with van der Waals surface area (Å²) in [4.78, 5) is 15.1. The summed E-state index contributed by atoms with van der Waals surface area (Å²) in [5, 5.41) is 20.1. The van der Waals surface area contributed by atoms with Crippen molar-refractivity contribution in [3.05, 3.63) is 29.6 Å². The van der Waals surface area contributed by atoms with Crippen LogP contribution in [0.15, 0.2) is 18.3 Å². The van der Waals surface area contributed by atoms with Crippen molar-refractivity contribution in [2.75, 3.05) is 27.9 Å². The number of anilines is 4. The normalized spacial score (nSPS) is 25.1. The molecule has 2 aromatic rings. The Morgan fingerprint density at radius 1 is 1.16 bits per heavy atom. The number of aryl methyl sites for hydroxylation is 1. The zero-order valence-corrected chi connectivity index (χ0v) is 18.4. The number of rotatable bonds is 5. The average Bonchev–Trinajstić information content (AvgIpc) is 2.67. The first-order valence-electron chi connectivity index (χ1n) is 10.7. The summed E-state index contributed by atoms with van der Waals surface area (Å²) in [5.41, 5.74) is 0.709. The van der Waals surface area contributed by atoms with Gasteiger partial charge in [-0.05, 0) is 37.8 Å². The van der Waals surface area contributed by atoms with Gasteiger partial charge < -0.3 is 26.0 Å². The Kier molecular flexibility index (Phi) is 5.78. The van der Waals surface area contributed by atoms with E-state index in [2.05, 4.69) is 44.7 Å². The topological polar surface area (TPSA) is 98.2 Å². The number of likely N-dealkylation sites (N-methyl/N-ethyl adjacent to an activating group) is 1. The van der Waals surface area contributed by atoms with Gasteiger partial charge in [-0.2, -0.15) is 18.2 Å². The van der Waals surface area contributed by atoms with Gasteiger partial charge in [0.2, 0.25) is 5.95 Å². The highest BCUT2D eigenvalue weighted by atomic mass is 19.4. The van der Waals surface area contributed by atoms with E-state index in [4.69, 9.17) is 0 Å². The molecule has 3 heterocycles. The van der Waals surface area contributed by atoms with E-state index >= 15 is 0 Å². The summed E-state index contributed by atoms with van der Waals surface area (Å²) < 4.78 is 38.0. The lowest BCUT2D eigenvalue weighted by Gasteiger charge is -2.42. The SMILES string of the molecule is Cc1nc(N[C@H]2C[C@H](Nc3ccc(C(F)(F)F)cn3)C2)nc2c1NC(O)[C@H](C(C)C)N2C. The van der Waals surface area contributed by atoms with Crippen molar-refractivity contribution < 1.29 is 18.3 Å². The highest BCUT2D eigenvalue weighted by Crippen LogP contribution is 2.36. The molecule has 1 unspecified atom stereocenters. The van der Waals surface area contributed by atoms with Crippen LogP contribution in [-0.2, 0) is 6.18 Å². The first kappa shape index (κ1) is 22.4. The largest absolute Gasteiger partial charge is 0.417 e. The van der Waals surface area contributed by atoms with Crippen LogP contribution in [0.3, 0.4) is 0 Å². The molecule has 0 saturated heterocycles. The highest BCUT2D eigenvalue weighted by Gasteiger charge is 2.36. The van der Waals surface area contributed by atoms with Gasteiger partial charge in [-0.1, -0.05) is 13.8 Å². The van der Waals surface area contributed by atoms with Gasteiger partial charge in [0.1, 0.15) is 17.7 Å². The van der Waals surface area contributed by atoms with Crippen molar-refractivity contribution >= 4 is 23.3 Å². The van der Waals surface area contributed by atoms with Crippen LogP contribution in [0.5, 0.6) is 0 Å². The highest BCUT2D eigenvalue weighted by molar-refractivity contribution is 5.72. The predicted molar refractivity (Wildman–Crippen MR) is 117 cm³/mol. The quantitative estimate of drug-likeness (QED) is 0.549. The number of alkyl halides is 3. The molecule has 0 bridgehead atoms. The molecular weight excluding hydrogens is 423 g/mol. The van der Waals surface area contributed by atoms with Crippen LogP contribution in [0.4, 0.5) is 36.4 Å². The van der Waals surface area contributed by atoms with Gasteiger partial charge in [0, 0.05) is 25.3 Å². The molecule has 1 fully saturated rings. The van der Waals surface area contributed by atoms with Crippen LogP contribution in [-0.4, -0.2) is 51.5 Å². The fourth-order valence-corrected chi connectivity index (χ4v) is 4.34. The number of aliphatic hydroxyl groups is 1. The molecule has 32 heavy (non-hydrogen) atoms. The van der Waals surface area contributed by atoms with Crippen molar-refractivity contribution in [1.29, 1.82) is 0 Å². The van der Waals surface area contributed by atoms with Crippen LogP contribution >= 0.6 is 0 Å². The molecule has 2 aromatic heterocycles. The molecule has 4 rings (SSSR count). The summed E-state index contributed by atoms with van der Waals surface area (Å²) in [6.07, 6.45) is -2.72. The molecule has 4 N–H and O–H groups in total. The minimum atomic E-state index is -4.39. The van der Waals surface area contributed by atoms with Gasteiger partial charge in [0.25, 0.3) is 0 Å². The Balaban J connectivity index is 1.37.